The molecule has 164 valence electrons. The summed E-state index contributed by atoms with van der Waals surface area (Å²) in [6.45, 7) is 3.39. The predicted octanol–water partition coefficient (Wildman–Crippen LogP) is 5.38. The van der Waals surface area contributed by atoms with Crippen molar-refractivity contribution in [2.45, 2.75) is 44.9 Å². The molecule has 0 radical (unpaired) electrons. The van der Waals surface area contributed by atoms with Crippen molar-refractivity contribution in [2.75, 3.05) is 13.1 Å². The number of carbonyl (C=O) groups excluding carboxylic acids is 1. The minimum Gasteiger partial charge on any atom is -0.337 e. The van der Waals surface area contributed by atoms with Gasteiger partial charge in [-0.15, -0.1) is 0 Å². The minimum atomic E-state index is 0.0241. The van der Waals surface area contributed by atoms with E-state index in [9.17, 15) is 10.1 Å². The average Bonchev–Trinajstić information content (AvgIpc) is 3.65. The number of aryl methyl sites for hydroxylation is 1. The number of hydrogen-bond acceptors (Lipinski definition) is 4. The Hall–Kier alpha value is -3.70. The van der Waals surface area contributed by atoms with Gasteiger partial charge in [0.1, 0.15) is 11.8 Å². The molecular weight excluding hydrogens is 408 g/mol. The Labute approximate surface area is 194 Å². The zero-order valence-electron chi connectivity index (χ0n) is 18.8. The van der Waals surface area contributed by atoms with E-state index in [1.165, 1.54) is 18.6 Å². The molecule has 2 fully saturated rings. The lowest BCUT2D eigenvalue weighted by Crippen LogP contribution is -2.48. The van der Waals surface area contributed by atoms with E-state index in [4.69, 9.17) is 10.3 Å². The highest BCUT2D eigenvalue weighted by molar-refractivity contribution is 5.97. The van der Waals surface area contributed by atoms with Crippen molar-refractivity contribution in [3.05, 3.63) is 76.0 Å². The van der Waals surface area contributed by atoms with Crippen LogP contribution in [0.5, 0.6) is 0 Å². The third kappa shape index (κ3) is 4.20. The lowest BCUT2D eigenvalue weighted by atomic mass is 9.89. The van der Waals surface area contributed by atoms with Crippen LogP contribution < -0.4 is 0 Å². The van der Waals surface area contributed by atoms with Crippen LogP contribution in [0.3, 0.4) is 0 Å². The molecule has 1 aliphatic carbocycles. The van der Waals surface area contributed by atoms with Gasteiger partial charge in [-0.05, 0) is 91.5 Å². The van der Waals surface area contributed by atoms with E-state index in [0.717, 1.165) is 41.5 Å². The van der Waals surface area contributed by atoms with Gasteiger partial charge < -0.3 is 4.90 Å². The quantitative estimate of drug-likeness (QED) is 0.648. The Bertz CT molecular complexity index is 1250. The maximum absolute atomic E-state index is 13.2. The number of aliphatic imine (C=N–C) groups is 1. The number of nitrogens with zero attached hydrogens (tertiary/aromatic N) is 4. The van der Waals surface area contributed by atoms with Gasteiger partial charge in [-0.25, -0.2) is 4.99 Å². The van der Waals surface area contributed by atoms with Crippen molar-refractivity contribution in [1.82, 2.24) is 4.90 Å². The molecule has 0 aromatic heterocycles. The van der Waals surface area contributed by atoms with E-state index < -0.39 is 0 Å². The largest absolute Gasteiger partial charge is 0.337 e. The summed E-state index contributed by atoms with van der Waals surface area (Å²) in [4.78, 5) is 19.8. The van der Waals surface area contributed by atoms with Crippen LogP contribution in [0, 0.1) is 35.5 Å². The molecular formula is C28H26N4O. The van der Waals surface area contributed by atoms with Crippen molar-refractivity contribution in [3.63, 3.8) is 0 Å². The smallest absolute Gasteiger partial charge is 0.253 e. The van der Waals surface area contributed by atoms with Crippen LogP contribution in [0.2, 0.25) is 0 Å². The average molecular weight is 435 g/mol. The summed E-state index contributed by atoms with van der Waals surface area (Å²) >= 11 is 0. The highest BCUT2D eigenvalue weighted by Gasteiger charge is 2.33. The molecule has 3 aliphatic rings. The normalized spacial score (nSPS) is 18.6. The molecule has 5 heteroatoms. The van der Waals surface area contributed by atoms with Crippen molar-refractivity contribution in [1.29, 1.82) is 10.5 Å². The first-order chi connectivity index (χ1) is 16.1. The molecule has 0 bridgehead atoms. The van der Waals surface area contributed by atoms with Crippen LogP contribution in [-0.2, 0) is 0 Å². The SMILES string of the molecule is Cc1ccc(C(=O)N2CC(c3ccc(C#N)cc3)C2)cc1C1=C(C#N)N=C(C2CC2)CCC1. The summed E-state index contributed by atoms with van der Waals surface area (Å²) in [6.07, 6.45) is 5.14. The monoisotopic (exact) mass is 434 g/mol. The van der Waals surface area contributed by atoms with E-state index in [2.05, 4.69) is 12.1 Å². The maximum Gasteiger partial charge on any atom is 0.253 e. The number of allylic oxidation sites excluding steroid dienone is 2. The Balaban J connectivity index is 1.36. The molecule has 33 heavy (non-hydrogen) atoms. The zero-order valence-corrected chi connectivity index (χ0v) is 18.8. The molecule has 1 saturated carbocycles. The van der Waals surface area contributed by atoms with E-state index >= 15 is 0 Å². The number of hydrogen-bond donors (Lipinski definition) is 0. The van der Waals surface area contributed by atoms with E-state index in [-0.39, 0.29) is 5.91 Å². The molecule has 5 rings (SSSR count). The third-order valence-corrected chi connectivity index (χ3v) is 7.05. The van der Waals surface area contributed by atoms with E-state index in [0.29, 0.717) is 41.7 Å². The van der Waals surface area contributed by atoms with Gasteiger partial charge in [0.2, 0.25) is 0 Å². The summed E-state index contributed by atoms with van der Waals surface area (Å²) in [6, 6.07) is 17.9. The molecule has 2 heterocycles. The highest BCUT2D eigenvalue weighted by Crippen LogP contribution is 2.38. The summed E-state index contributed by atoms with van der Waals surface area (Å²) in [5.41, 5.74) is 7.19. The zero-order chi connectivity index (χ0) is 22.9. The van der Waals surface area contributed by atoms with Gasteiger partial charge in [0.15, 0.2) is 0 Å². The van der Waals surface area contributed by atoms with Gasteiger partial charge >= 0.3 is 0 Å². The number of carbonyl (C=O) groups is 1. The van der Waals surface area contributed by atoms with Gasteiger partial charge in [-0.2, -0.15) is 10.5 Å². The van der Waals surface area contributed by atoms with Gasteiger partial charge in [0.05, 0.1) is 11.6 Å². The van der Waals surface area contributed by atoms with Crippen molar-refractivity contribution >= 4 is 17.2 Å². The molecule has 0 N–H and O–H groups in total. The number of amides is 1. The van der Waals surface area contributed by atoms with Crippen LogP contribution in [-0.4, -0.2) is 29.6 Å². The van der Waals surface area contributed by atoms with E-state index in [1.807, 2.05) is 54.3 Å². The fourth-order valence-corrected chi connectivity index (χ4v) is 4.85. The first-order valence-electron chi connectivity index (χ1n) is 11.7. The maximum atomic E-state index is 13.2. The number of rotatable bonds is 4. The van der Waals surface area contributed by atoms with Gasteiger partial charge in [0.25, 0.3) is 5.91 Å². The Kier molecular flexibility index (Phi) is 5.56. The van der Waals surface area contributed by atoms with Gasteiger partial charge in [-0.1, -0.05) is 18.2 Å². The number of likely N-dealkylation sites (tertiary alicyclic amines) is 1. The van der Waals surface area contributed by atoms with E-state index in [1.54, 1.807) is 0 Å². The fourth-order valence-electron chi connectivity index (χ4n) is 4.85. The first kappa shape index (κ1) is 21.2. The molecule has 0 unspecified atom stereocenters. The molecule has 0 spiro atoms. The molecule has 2 aromatic rings. The molecule has 1 amide bonds. The Morgan fingerprint density at radius 1 is 1.00 bits per heavy atom. The summed E-state index contributed by atoms with van der Waals surface area (Å²) in [5.74, 6) is 0.893. The molecule has 2 aromatic carbocycles. The van der Waals surface area contributed by atoms with Gasteiger partial charge in [0, 0.05) is 30.3 Å². The second-order valence-corrected chi connectivity index (χ2v) is 9.34. The topological polar surface area (TPSA) is 80.2 Å². The van der Waals surface area contributed by atoms with Crippen LogP contribution in [0.15, 0.2) is 53.2 Å². The number of nitriles is 2. The van der Waals surface area contributed by atoms with Crippen LogP contribution in [0.25, 0.3) is 5.57 Å². The summed E-state index contributed by atoms with van der Waals surface area (Å²) < 4.78 is 0. The third-order valence-electron chi connectivity index (χ3n) is 7.05. The van der Waals surface area contributed by atoms with Crippen LogP contribution in [0.4, 0.5) is 0 Å². The van der Waals surface area contributed by atoms with Crippen LogP contribution in [0.1, 0.15) is 70.6 Å². The fraction of sp³-hybridized carbons (Fsp3) is 0.357. The predicted molar refractivity (Wildman–Crippen MR) is 128 cm³/mol. The minimum absolute atomic E-state index is 0.0241. The molecule has 2 aliphatic heterocycles. The summed E-state index contributed by atoms with van der Waals surface area (Å²) in [7, 11) is 0. The molecule has 0 atom stereocenters. The second-order valence-electron chi connectivity index (χ2n) is 9.34. The lowest BCUT2D eigenvalue weighted by Gasteiger charge is -2.39. The standard InChI is InChI=1S/C28H26N4O/c1-18-5-8-22(28(33)32-16-23(17-32)20-9-6-19(14-29)7-10-20)13-25(18)24-3-2-4-26(21-11-12-21)31-27(24)15-30/h5-10,13,21,23H,2-4,11-12,16-17H2,1H3. The highest BCUT2D eigenvalue weighted by atomic mass is 16.2. The Morgan fingerprint density at radius 3 is 2.42 bits per heavy atom. The lowest BCUT2D eigenvalue weighted by molar-refractivity contribution is 0.0602. The second kappa shape index (κ2) is 8.68. The van der Waals surface area contributed by atoms with Gasteiger partial charge in [-0.3, -0.25) is 4.79 Å². The molecule has 1 saturated heterocycles. The van der Waals surface area contributed by atoms with Crippen molar-refractivity contribution < 1.29 is 4.79 Å². The van der Waals surface area contributed by atoms with Crippen molar-refractivity contribution in [2.24, 2.45) is 10.9 Å². The number of benzene rings is 2. The van der Waals surface area contributed by atoms with Crippen molar-refractivity contribution in [3.8, 4) is 12.1 Å². The van der Waals surface area contributed by atoms with Crippen LogP contribution >= 0.6 is 0 Å². The molecule has 5 nitrogen and oxygen atoms in total. The summed E-state index contributed by atoms with van der Waals surface area (Å²) in [5, 5.41) is 18.8. The Morgan fingerprint density at radius 2 is 1.76 bits per heavy atom. The first-order valence-corrected chi connectivity index (χ1v) is 11.7.